The van der Waals surface area contributed by atoms with Crippen LogP contribution in [-0.2, 0) is 9.53 Å². The van der Waals surface area contributed by atoms with Gasteiger partial charge in [0.05, 0.1) is 24.4 Å². The van der Waals surface area contributed by atoms with Crippen molar-refractivity contribution in [3.05, 3.63) is 54.1 Å². The third-order valence-corrected chi connectivity index (χ3v) is 5.17. The number of piperidine rings is 1. The van der Waals surface area contributed by atoms with E-state index in [0.717, 1.165) is 24.7 Å². The smallest absolute Gasteiger partial charge is 0.340 e. The number of para-hydroxylation sites is 1. The van der Waals surface area contributed by atoms with Gasteiger partial charge in [0, 0.05) is 24.5 Å². The van der Waals surface area contributed by atoms with E-state index in [1.54, 1.807) is 31.2 Å². The molecule has 0 spiro atoms. The molecule has 2 N–H and O–H groups in total. The Hall–Kier alpha value is -3.02. The first-order chi connectivity index (χ1) is 14.1. The number of nitrogens with one attached hydrogen (secondary N) is 2. The van der Waals surface area contributed by atoms with Crippen molar-refractivity contribution >= 4 is 28.9 Å². The van der Waals surface area contributed by atoms with Crippen LogP contribution in [0.15, 0.2) is 48.5 Å². The number of nitrogens with zero attached hydrogens (tertiary/aromatic N) is 1. The number of carbonyl (C=O) groups is 2. The summed E-state index contributed by atoms with van der Waals surface area (Å²) in [7, 11) is 0. The third-order valence-electron chi connectivity index (χ3n) is 5.17. The first-order valence-electron chi connectivity index (χ1n) is 10.2. The lowest BCUT2D eigenvalue weighted by Gasteiger charge is -2.32. The molecule has 2 aromatic carbocycles. The van der Waals surface area contributed by atoms with Crippen LogP contribution in [0.5, 0.6) is 0 Å². The number of anilines is 3. The van der Waals surface area contributed by atoms with E-state index < -0.39 is 5.97 Å². The summed E-state index contributed by atoms with van der Waals surface area (Å²) in [5.74, 6) is 0.134. The van der Waals surface area contributed by atoms with Crippen molar-refractivity contribution in [2.75, 3.05) is 41.8 Å². The molecule has 1 aliphatic rings. The van der Waals surface area contributed by atoms with Gasteiger partial charge in [-0.25, -0.2) is 4.79 Å². The van der Waals surface area contributed by atoms with Gasteiger partial charge in [-0.3, -0.25) is 4.79 Å². The topological polar surface area (TPSA) is 70.7 Å². The molecule has 1 saturated heterocycles. The molecule has 0 bridgehead atoms. The molecule has 2 aromatic rings. The Kier molecular flexibility index (Phi) is 7.11. The quantitative estimate of drug-likeness (QED) is 0.689. The van der Waals surface area contributed by atoms with Crippen molar-refractivity contribution in [2.24, 2.45) is 5.92 Å². The summed E-state index contributed by atoms with van der Waals surface area (Å²) >= 11 is 0. The first kappa shape index (κ1) is 20.7. The third kappa shape index (κ3) is 5.73. The summed E-state index contributed by atoms with van der Waals surface area (Å²) in [6, 6.07) is 15.0. The average molecular weight is 396 g/mol. The molecule has 0 atom stereocenters. The summed E-state index contributed by atoms with van der Waals surface area (Å²) in [6.07, 6.45) is 2.46. The Balaban J connectivity index is 1.53. The molecule has 154 valence electrons. The summed E-state index contributed by atoms with van der Waals surface area (Å²) < 4.78 is 5.04. The Bertz CT molecular complexity index is 828. The van der Waals surface area contributed by atoms with E-state index in [4.69, 9.17) is 4.74 Å². The van der Waals surface area contributed by atoms with E-state index in [1.165, 1.54) is 18.5 Å². The minimum absolute atomic E-state index is 0.109. The van der Waals surface area contributed by atoms with Crippen molar-refractivity contribution in [1.29, 1.82) is 0 Å². The lowest BCUT2D eigenvalue weighted by molar-refractivity contribution is -0.114. The van der Waals surface area contributed by atoms with E-state index in [2.05, 4.69) is 34.6 Å². The monoisotopic (exact) mass is 395 g/mol. The molecule has 1 amide bonds. The Morgan fingerprint density at radius 1 is 1.07 bits per heavy atom. The maximum Gasteiger partial charge on any atom is 0.340 e. The fourth-order valence-corrected chi connectivity index (χ4v) is 3.41. The fourth-order valence-electron chi connectivity index (χ4n) is 3.41. The lowest BCUT2D eigenvalue weighted by Crippen LogP contribution is -2.32. The molecular formula is C23H29N3O3. The molecule has 1 heterocycles. The van der Waals surface area contributed by atoms with Crippen LogP contribution in [0, 0.1) is 5.92 Å². The summed E-state index contributed by atoms with van der Waals surface area (Å²) in [4.78, 5) is 26.7. The highest BCUT2D eigenvalue weighted by Crippen LogP contribution is 2.24. The predicted molar refractivity (Wildman–Crippen MR) is 117 cm³/mol. The molecule has 0 saturated carbocycles. The number of ether oxygens (including phenoxy) is 1. The second-order valence-electron chi connectivity index (χ2n) is 7.38. The highest BCUT2D eigenvalue weighted by atomic mass is 16.5. The number of benzene rings is 2. The van der Waals surface area contributed by atoms with Crippen LogP contribution in [0.25, 0.3) is 0 Å². The molecular weight excluding hydrogens is 366 g/mol. The van der Waals surface area contributed by atoms with Crippen LogP contribution in [-0.4, -0.2) is 38.1 Å². The van der Waals surface area contributed by atoms with Gasteiger partial charge in [-0.15, -0.1) is 0 Å². The fraction of sp³-hybridized carbons (Fsp3) is 0.391. The molecule has 1 aliphatic heterocycles. The molecule has 1 fully saturated rings. The summed E-state index contributed by atoms with van der Waals surface area (Å²) in [6.45, 7) is 6.64. The van der Waals surface area contributed by atoms with Crippen LogP contribution in [0.1, 0.15) is 37.0 Å². The van der Waals surface area contributed by atoms with Gasteiger partial charge in [0.25, 0.3) is 0 Å². The van der Waals surface area contributed by atoms with Crippen LogP contribution in [0.2, 0.25) is 0 Å². The van der Waals surface area contributed by atoms with Gasteiger partial charge in [-0.1, -0.05) is 19.1 Å². The van der Waals surface area contributed by atoms with Gasteiger partial charge in [-0.2, -0.15) is 0 Å². The highest BCUT2D eigenvalue weighted by molar-refractivity contribution is 6.02. The summed E-state index contributed by atoms with van der Waals surface area (Å²) in [5.41, 5.74) is 2.90. The molecule has 0 unspecified atom stereocenters. The van der Waals surface area contributed by atoms with Gasteiger partial charge in [0.1, 0.15) is 0 Å². The van der Waals surface area contributed by atoms with Crippen molar-refractivity contribution in [3.63, 3.8) is 0 Å². The van der Waals surface area contributed by atoms with Crippen molar-refractivity contribution < 1.29 is 14.3 Å². The van der Waals surface area contributed by atoms with E-state index in [-0.39, 0.29) is 19.1 Å². The number of amides is 1. The minimum atomic E-state index is -0.445. The first-order valence-corrected chi connectivity index (χ1v) is 10.2. The zero-order valence-corrected chi connectivity index (χ0v) is 17.1. The largest absolute Gasteiger partial charge is 0.462 e. The van der Waals surface area contributed by atoms with Gasteiger partial charge in [0.15, 0.2) is 0 Å². The Labute approximate surface area is 172 Å². The molecule has 0 radical (unpaired) electrons. The number of rotatable bonds is 7. The molecule has 0 aromatic heterocycles. The standard InChI is InChI=1S/C23H29N3O3/c1-3-29-23(28)20-6-4-5-7-21(20)25-22(27)16-24-18-8-10-19(11-9-18)26-14-12-17(2)13-15-26/h4-11,17,24H,3,12-16H2,1-2H3,(H,25,27). The van der Waals surface area contributed by atoms with Crippen molar-refractivity contribution in [3.8, 4) is 0 Å². The molecule has 29 heavy (non-hydrogen) atoms. The second kappa shape index (κ2) is 9.96. The van der Waals surface area contributed by atoms with Crippen LogP contribution >= 0.6 is 0 Å². The summed E-state index contributed by atoms with van der Waals surface area (Å²) in [5, 5.41) is 5.91. The predicted octanol–water partition coefficient (Wildman–Crippen LogP) is 4.15. The number of hydrogen-bond donors (Lipinski definition) is 2. The van der Waals surface area contributed by atoms with Crippen LogP contribution in [0.3, 0.4) is 0 Å². The number of esters is 1. The van der Waals surface area contributed by atoms with Crippen LogP contribution < -0.4 is 15.5 Å². The molecule has 6 heteroatoms. The van der Waals surface area contributed by atoms with E-state index in [1.807, 2.05) is 12.1 Å². The molecule has 6 nitrogen and oxygen atoms in total. The minimum Gasteiger partial charge on any atom is -0.462 e. The van der Waals surface area contributed by atoms with Gasteiger partial charge in [-0.05, 0) is 62.1 Å². The highest BCUT2D eigenvalue weighted by Gasteiger charge is 2.16. The zero-order valence-electron chi connectivity index (χ0n) is 17.1. The second-order valence-corrected chi connectivity index (χ2v) is 7.38. The van der Waals surface area contributed by atoms with Gasteiger partial charge in [0.2, 0.25) is 5.91 Å². The lowest BCUT2D eigenvalue weighted by atomic mass is 9.99. The number of hydrogen-bond acceptors (Lipinski definition) is 5. The van der Waals surface area contributed by atoms with Crippen molar-refractivity contribution in [2.45, 2.75) is 26.7 Å². The van der Waals surface area contributed by atoms with Gasteiger partial charge < -0.3 is 20.3 Å². The van der Waals surface area contributed by atoms with E-state index in [0.29, 0.717) is 11.3 Å². The Morgan fingerprint density at radius 2 is 1.76 bits per heavy atom. The SMILES string of the molecule is CCOC(=O)c1ccccc1NC(=O)CNc1ccc(N2CCC(C)CC2)cc1. The van der Waals surface area contributed by atoms with Crippen molar-refractivity contribution in [1.82, 2.24) is 0 Å². The molecule has 0 aliphatic carbocycles. The van der Waals surface area contributed by atoms with E-state index >= 15 is 0 Å². The number of carbonyl (C=O) groups excluding carboxylic acids is 2. The maximum atomic E-state index is 12.3. The normalized spacial score (nSPS) is 14.3. The Morgan fingerprint density at radius 3 is 2.45 bits per heavy atom. The maximum absolute atomic E-state index is 12.3. The van der Waals surface area contributed by atoms with Crippen LogP contribution in [0.4, 0.5) is 17.1 Å². The van der Waals surface area contributed by atoms with Gasteiger partial charge >= 0.3 is 5.97 Å². The average Bonchev–Trinajstić information content (AvgIpc) is 2.74. The molecule has 3 rings (SSSR count). The van der Waals surface area contributed by atoms with E-state index in [9.17, 15) is 9.59 Å². The zero-order chi connectivity index (χ0) is 20.6.